The van der Waals surface area contributed by atoms with Gasteiger partial charge >= 0.3 is 0 Å². The lowest BCUT2D eigenvalue weighted by Gasteiger charge is -2.15. The Morgan fingerprint density at radius 3 is 2.39 bits per heavy atom. The van der Waals surface area contributed by atoms with Gasteiger partial charge in [0, 0.05) is 11.3 Å². The monoisotopic (exact) mass is 336 g/mol. The van der Waals surface area contributed by atoms with Gasteiger partial charge in [-0.1, -0.05) is 12.1 Å². The van der Waals surface area contributed by atoms with E-state index in [-0.39, 0.29) is 11.9 Å². The number of sulfonamides is 1. The smallest absolute Gasteiger partial charge is 0.251 e. The molecule has 0 aliphatic carbocycles. The molecule has 1 atom stereocenters. The van der Waals surface area contributed by atoms with Crippen LogP contribution in [0.1, 0.15) is 28.9 Å². The van der Waals surface area contributed by atoms with Gasteiger partial charge in [0.15, 0.2) is 0 Å². The van der Waals surface area contributed by atoms with Gasteiger partial charge in [0.25, 0.3) is 5.91 Å². The first-order chi connectivity index (χ1) is 10.7. The summed E-state index contributed by atoms with van der Waals surface area (Å²) in [7, 11) is -3.36. The van der Waals surface area contributed by atoms with Crippen LogP contribution >= 0.6 is 0 Å². The molecule has 122 valence electrons. The highest BCUT2D eigenvalue weighted by molar-refractivity contribution is 7.92. The molecule has 0 aliphatic rings. The highest BCUT2D eigenvalue weighted by Crippen LogP contribution is 2.18. The van der Waals surface area contributed by atoms with Gasteiger partial charge in [-0.3, -0.25) is 9.52 Å². The molecule has 7 heteroatoms. The van der Waals surface area contributed by atoms with E-state index in [1.807, 2.05) is 0 Å². The Hall–Kier alpha value is -2.41. The molecule has 1 unspecified atom stereocenters. The van der Waals surface area contributed by atoms with Crippen LogP contribution < -0.4 is 10.0 Å². The first kappa shape index (κ1) is 17.0. The maximum Gasteiger partial charge on any atom is 0.251 e. The lowest BCUT2D eigenvalue weighted by atomic mass is 10.1. The van der Waals surface area contributed by atoms with Gasteiger partial charge in [0.05, 0.1) is 12.3 Å². The lowest BCUT2D eigenvalue weighted by molar-refractivity contribution is 0.0940. The van der Waals surface area contributed by atoms with E-state index in [1.54, 1.807) is 31.2 Å². The average molecular weight is 336 g/mol. The average Bonchev–Trinajstić information content (AvgIpc) is 2.46. The molecule has 0 saturated heterocycles. The molecule has 23 heavy (non-hydrogen) atoms. The van der Waals surface area contributed by atoms with E-state index in [0.717, 1.165) is 11.8 Å². The van der Waals surface area contributed by atoms with Crippen molar-refractivity contribution >= 4 is 21.6 Å². The summed E-state index contributed by atoms with van der Waals surface area (Å²) in [6.45, 7) is 1.78. The number of halogens is 1. The van der Waals surface area contributed by atoms with Crippen LogP contribution in [-0.4, -0.2) is 20.6 Å². The second kappa shape index (κ2) is 6.78. The largest absolute Gasteiger partial charge is 0.346 e. The van der Waals surface area contributed by atoms with Gasteiger partial charge in [0.2, 0.25) is 10.0 Å². The summed E-state index contributed by atoms with van der Waals surface area (Å²) < 4.78 is 37.8. The van der Waals surface area contributed by atoms with Crippen molar-refractivity contribution in [3.8, 4) is 0 Å². The number of hydrogen-bond donors (Lipinski definition) is 2. The number of benzene rings is 2. The van der Waals surface area contributed by atoms with Crippen LogP contribution in [-0.2, 0) is 10.0 Å². The molecule has 0 fully saturated rings. The third kappa shape index (κ3) is 5.07. The molecule has 0 aromatic heterocycles. The van der Waals surface area contributed by atoms with Crippen LogP contribution in [0.5, 0.6) is 0 Å². The third-order valence-electron chi connectivity index (χ3n) is 3.14. The van der Waals surface area contributed by atoms with Gasteiger partial charge in [-0.15, -0.1) is 0 Å². The minimum absolute atomic E-state index is 0.334. The minimum Gasteiger partial charge on any atom is -0.346 e. The molecule has 5 nitrogen and oxygen atoms in total. The van der Waals surface area contributed by atoms with Crippen molar-refractivity contribution < 1.29 is 17.6 Å². The van der Waals surface area contributed by atoms with Crippen molar-refractivity contribution in [2.24, 2.45) is 0 Å². The van der Waals surface area contributed by atoms with Gasteiger partial charge < -0.3 is 5.32 Å². The highest BCUT2D eigenvalue weighted by atomic mass is 32.2. The van der Waals surface area contributed by atoms with Gasteiger partial charge in [-0.2, -0.15) is 0 Å². The number of carbonyl (C=O) groups is 1. The molecule has 2 aromatic rings. The van der Waals surface area contributed by atoms with E-state index in [2.05, 4.69) is 10.0 Å². The maximum atomic E-state index is 12.9. The molecule has 1 amide bonds. The fourth-order valence-electron chi connectivity index (χ4n) is 2.05. The molecule has 0 aliphatic heterocycles. The van der Waals surface area contributed by atoms with Crippen molar-refractivity contribution in [1.82, 2.24) is 5.32 Å². The Balaban J connectivity index is 2.11. The third-order valence-corrected chi connectivity index (χ3v) is 3.75. The summed E-state index contributed by atoms with van der Waals surface area (Å²) in [5.41, 5.74) is 1.52. The highest BCUT2D eigenvalue weighted by Gasteiger charge is 2.12. The normalized spacial score (nSPS) is 12.5. The lowest BCUT2D eigenvalue weighted by Crippen LogP contribution is -2.26. The van der Waals surface area contributed by atoms with E-state index in [1.165, 1.54) is 24.3 Å². The summed E-state index contributed by atoms with van der Waals surface area (Å²) in [6.07, 6.45) is 1.07. The Labute approximate surface area is 134 Å². The van der Waals surface area contributed by atoms with E-state index in [0.29, 0.717) is 11.3 Å². The first-order valence-electron chi connectivity index (χ1n) is 6.89. The van der Waals surface area contributed by atoms with Crippen molar-refractivity contribution in [2.45, 2.75) is 13.0 Å². The van der Waals surface area contributed by atoms with Crippen molar-refractivity contribution in [3.63, 3.8) is 0 Å². The van der Waals surface area contributed by atoms with Crippen molar-refractivity contribution in [2.75, 3.05) is 11.0 Å². The van der Waals surface area contributed by atoms with Crippen LogP contribution in [0.3, 0.4) is 0 Å². The molecule has 0 bridgehead atoms. The SMILES string of the molecule is CC(NC(=O)c1ccc(F)cc1)c1cccc(NS(C)(=O)=O)c1. The number of amides is 1. The van der Waals surface area contributed by atoms with Crippen LogP contribution in [0.2, 0.25) is 0 Å². The van der Waals surface area contributed by atoms with E-state index >= 15 is 0 Å². The number of carbonyl (C=O) groups excluding carboxylic acids is 1. The zero-order valence-corrected chi connectivity index (χ0v) is 13.5. The summed E-state index contributed by atoms with van der Waals surface area (Å²) in [6, 6.07) is 11.7. The molecule has 0 saturated carbocycles. The van der Waals surface area contributed by atoms with Gasteiger partial charge in [0.1, 0.15) is 5.82 Å². The Bertz CT molecular complexity index is 804. The minimum atomic E-state index is -3.36. The molecular weight excluding hydrogens is 319 g/mol. The molecule has 0 spiro atoms. The van der Waals surface area contributed by atoms with Crippen LogP contribution in [0.15, 0.2) is 48.5 Å². The second-order valence-electron chi connectivity index (χ2n) is 5.20. The predicted molar refractivity (Wildman–Crippen MR) is 87.2 cm³/mol. The topological polar surface area (TPSA) is 75.3 Å². The summed E-state index contributed by atoms with van der Waals surface area (Å²) in [5.74, 6) is -0.742. The van der Waals surface area contributed by atoms with E-state index in [9.17, 15) is 17.6 Å². The Morgan fingerprint density at radius 2 is 1.78 bits per heavy atom. The second-order valence-corrected chi connectivity index (χ2v) is 6.95. The zero-order chi connectivity index (χ0) is 17.0. The quantitative estimate of drug-likeness (QED) is 0.881. The molecule has 2 rings (SSSR count). The summed E-state index contributed by atoms with van der Waals surface area (Å²) in [5, 5.41) is 2.78. The van der Waals surface area contributed by atoms with Crippen molar-refractivity contribution in [1.29, 1.82) is 0 Å². The summed E-state index contributed by atoms with van der Waals surface area (Å²) in [4.78, 5) is 12.1. The van der Waals surface area contributed by atoms with Crippen LogP contribution in [0, 0.1) is 5.82 Å². The fourth-order valence-corrected chi connectivity index (χ4v) is 2.61. The number of rotatable bonds is 5. The van der Waals surface area contributed by atoms with Crippen LogP contribution in [0.4, 0.5) is 10.1 Å². The van der Waals surface area contributed by atoms with E-state index < -0.39 is 15.8 Å². The fraction of sp³-hybridized carbons (Fsp3) is 0.188. The molecule has 2 aromatic carbocycles. The predicted octanol–water partition coefficient (Wildman–Crippen LogP) is 2.69. The zero-order valence-electron chi connectivity index (χ0n) is 12.7. The standard InChI is InChI=1S/C16H17FN2O3S/c1-11(18-16(20)12-6-8-14(17)9-7-12)13-4-3-5-15(10-13)19-23(2,21)22/h3-11,19H,1-2H3,(H,18,20). The van der Waals surface area contributed by atoms with Gasteiger partial charge in [-0.25, -0.2) is 12.8 Å². The number of nitrogens with one attached hydrogen (secondary N) is 2. The first-order valence-corrected chi connectivity index (χ1v) is 8.78. The van der Waals surface area contributed by atoms with Crippen molar-refractivity contribution in [3.05, 3.63) is 65.5 Å². The Morgan fingerprint density at radius 1 is 1.13 bits per heavy atom. The van der Waals surface area contributed by atoms with Gasteiger partial charge in [-0.05, 0) is 48.9 Å². The Kier molecular flexibility index (Phi) is 5.00. The molecule has 0 heterocycles. The number of hydrogen-bond acceptors (Lipinski definition) is 3. The molecule has 2 N–H and O–H groups in total. The molecule has 0 radical (unpaired) electrons. The number of anilines is 1. The summed E-state index contributed by atoms with van der Waals surface area (Å²) >= 11 is 0. The van der Waals surface area contributed by atoms with E-state index in [4.69, 9.17) is 0 Å². The maximum absolute atomic E-state index is 12.9. The molecular formula is C16H17FN2O3S. The van der Waals surface area contributed by atoms with Crippen LogP contribution in [0.25, 0.3) is 0 Å².